The molecule has 0 atom stereocenters. The Bertz CT molecular complexity index is 131. The molecule has 0 aromatic heterocycles. The van der Waals surface area contributed by atoms with Crippen molar-refractivity contribution in [1.29, 1.82) is 0 Å². The summed E-state index contributed by atoms with van der Waals surface area (Å²) in [4.78, 5) is 0. The van der Waals surface area contributed by atoms with Gasteiger partial charge in [0, 0.05) is 6.61 Å². The van der Waals surface area contributed by atoms with Gasteiger partial charge in [0.15, 0.2) is 0 Å². The van der Waals surface area contributed by atoms with E-state index in [-0.39, 0.29) is 0 Å². The zero-order valence-corrected chi connectivity index (χ0v) is 9.93. The van der Waals surface area contributed by atoms with Crippen molar-refractivity contribution in [3.8, 4) is 0 Å². The first-order valence-corrected chi connectivity index (χ1v) is 5.84. The number of hydrogen-bond acceptors (Lipinski definition) is 2. The highest BCUT2D eigenvalue weighted by atomic mass is 28.2. The van der Waals surface area contributed by atoms with Crippen LogP contribution in [0.25, 0.3) is 0 Å². The van der Waals surface area contributed by atoms with Crippen LogP contribution in [-0.4, -0.2) is 29.6 Å². The van der Waals surface area contributed by atoms with E-state index in [0.29, 0.717) is 16.4 Å². The molecular formula is C10H20O2Si. The number of ether oxygens (including phenoxy) is 1. The second-order valence-corrected chi connectivity index (χ2v) is 3.97. The third-order valence-corrected chi connectivity index (χ3v) is 2.47. The van der Waals surface area contributed by atoms with Gasteiger partial charge >= 0.3 is 0 Å². The van der Waals surface area contributed by atoms with E-state index in [1.54, 1.807) is 0 Å². The molecule has 0 saturated carbocycles. The van der Waals surface area contributed by atoms with Gasteiger partial charge in [0.05, 0.1) is 13.2 Å². The van der Waals surface area contributed by atoms with Gasteiger partial charge < -0.3 is 9.16 Å². The van der Waals surface area contributed by atoms with Gasteiger partial charge in [-0.15, -0.1) is 0 Å². The van der Waals surface area contributed by atoms with Crippen LogP contribution in [-0.2, 0) is 9.16 Å². The summed E-state index contributed by atoms with van der Waals surface area (Å²) >= 11 is 0. The monoisotopic (exact) mass is 200 g/mol. The fraction of sp³-hybridized carbons (Fsp3) is 0.800. The molecule has 0 unspecified atom stereocenters. The van der Waals surface area contributed by atoms with Crippen LogP contribution in [0.1, 0.15) is 33.6 Å². The van der Waals surface area contributed by atoms with Crippen molar-refractivity contribution in [3.05, 3.63) is 11.3 Å². The first kappa shape index (κ1) is 12.9. The standard InChI is InChI=1S/C10H20O2Si/c1-4-5-6-11-7-8-12-13-9-10(2)3/h9H,4-8H2,1-3H3. The highest BCUT2D eigenvalue weighted by Gasteiger charge is 1.89. The van der Waals surface area contributed by atoms with Gasteiger partial charge in [0.1, 0.15) is 0 Å². The lowest BCUT2D eigenvalue weighted by atomic mass is 10.4. The third-order valence-electron chi connectivity index (χ3n) is 1.40. The van der Waals surface area contributed by atoms with Crippen molar-refractivity contribution < 1.29 is 9.16 Å². The van der Waals surface area contributed by atoms with Crippen LogP contribution in [0, 0.1) is 0 Å². The van der Waals surface area contributed by atoms with Crippen LogP contribution in [0.5, 0.6) is 0 Å². The predicted octanol–water partition coefficient (Wildman–Crippen LogP) is 2.36. The molecule has 0 heterocycles. The van der Waals surface area contributed by atoms with Crippen LogP contribution < -0.4 is 0 Å². The van der Waals surface area contributed by atoms with Crippen LogP contribution >= 0.6 is 0 Å². The van der Waals surface area contributed by atoms with Crippen molar-refractivity contribution in [2.45, 2.75) is 33.6 Å². The minimum Gasteiger partial charge on any atom is -0.410 e. The Labute approximate surface area is 84.3 Å². The van der Waals surface area contributed by atoms with E-state index in [4.69, 9.17) is 9.16 Å². The summed E-state index contributed by atoms with van der Waals surface area (Å²) in [6.45, 7) is 8.62. The van der Waals surface area contributed by atoms with E-state index in [0.717, 1.165) is 19.6 Å². The maximum atomic E-state index is 5.35. The topological polar surface area (TPSA) is 18.5 Å². The average molecular weight is 200 g/mol. The third kappa shape index (κ3) is 11.9. The lowest BCUT2D eigenvalue weighted by Crippen LogP contribution is -2.07. The molecule has 0 spiro atoms. The smallest absolute Gasteiger partial charge is 0.260 e. The summed E-state index contributed by atoms with van der Waals surface area (Å²) < 4.78 is 10.7. The highest BCUT2D eigenvalue weighted by molar-refractivity contribution is 6.34. The molecule has 0 aliphatic heterocycles. The second-order valence-electron chi connectivity index (χ2n) is 3.15. The largest absolute Gasteiger partial charge is 0.410 e. The molecule has 0 aliphatic rings. The SMILES string of the molecule is CCCCOCCO[Si]C=C(C)C. The molecule has 0 aromatic rings. The Balaban J connectivity index is 2.96. The summed E-state index contributed by atoms with van der Waals surface area (Å²) in [6, 6.07) is 0. The van der Waals surface area contributed by atoms with Gasteiger partial charge in [-0.2, -0.15) is 0 Å². The summed E-state index contributed by atoms with van der Waals surface area (Å²) in [5, 5.41) is 0. The van der Waals surface area contributed by atoms with Crippen LogP contribution in [0.3, 0.4) is 0 Å². The lowest BCUT2D eigenvalue weighted by molar-refractivity contribution is 0.100. The molecule has 3 heteroatoms. The Kier molecular flexibility index (Phi) is 9.87. The molecular weight excluding hydrogens is 180 g/mol. The minimum absolute atomic E-state index is 0.483. The first-order valence-electron chi connectivity index (χ1n) is 4.85. The number of rotatable bonds is 8. The Hall–Kier alpha value is -0.123. The van der Waals surface area contributed by atoms with Gasteiger partial charge in [-0.1, -0.05) is 24.6 Å². The zero-order chi connectivity index (χ0) is 9.94. The number of unbranched alkanes of at least 4 members (excludes halogenated alkanes) is 1. The van der Waals surface area contributed by atoms with Crippen molar-refractivity contribution in [2.75, 3.05) is 19.8 Å². The van der Waals surface area contributed by atoms with Crippen LogP contribution in [0.2, 0.25) is 0 Å². The Morgan fingerprint density at radius 1 is 1.23 bits per heavy atom. The highest BCUT2D eigenvalue weighted by Crippen LogP contribution is 1.89. The molecule has 0 saturated heterocycles. The maximum absolute atomic E-state index is 5.35. The maximum Gasteiger partial charge on any atom is 0.260 e. The summed E-state index contributed by atoms with van der Waals surface area (Å²) in [5.41, 5.74) is 3.41. The molecule has 0 fully saturated rings. The van der Waals surface area contributed by atoms with Gasteiger partial charge in [-0.25, -0.2) is 0 Å². The molecule has 0 aromatic carbocycles. The van der Waals surface area contributed by atoms with E-state index < -0.39 is 0 Å². The second kappa shape index (κ2) is 9.96. The Morgan fingerprint density at radius 3 is 2.62 bits per heavy atom. The average Bonchev–Trinajstić information content (AvgIpc) is 2.09. The minimum atomic E-state index is 0.483. The van der Waals surface area contributed by atoms with Gasteiger partial charge in [-0.3, -0.25) is 0 Å². The summed E-state index contributed by atoms with van der Waals surface area (Å²) in [5.74, 6) is 0. The molecule has 2 radical (unpaired) electrons. The summed E-state index contributed by atoms with van der Waals surface area (Å²) in [6.07, 6.45) is 2.34. The molecule has 0 amide bonds. The van der Waals surface area contributed by atoms with E-state index >= 15 is 0 Å². The molecule has 0 N–H and O–H groups in total. The number of allylic oxidation sites excluding steroid dienone is 1. The normalized spacial score (nSPS) is 10.1. The van der Waals surface area contributed by atoms with E-state index in [1.807, 2.05) is 0 Å². The zero-order valence-electron chi connectivity index (χ0n) is 8.93. The predicted molar refractivity (Wildman–Crippen MR) is 56.9 cm³/mol. The van der Waals surface area contributed by atoms with Crippen LogP contribution in [0.4, 0.5) is 0 Å². The fourth-order valence-corrected chi connectivity index (χ4v) is 1.19. The molecule has 13 heavy (non-hydrogen) atoms. The molecule has 0 rings (SSSR count). The Morgan fingerprint density at radius 2 is 2.00 bits per heavy atom. The first-order chi connectivity index (χ1) is 6.27. The molecule has 0 aliphatic carbocycles. The quantitative estimate of drug-likeness (QED) is 0.442. The molecule has 0 bridgehead atoms. The van der Waals surface area contributed by atoms with Gasteiger partial charge in [0.2, 0.25) is 0 Å². The fourth-order valence-electron chi connectivity index (χ4n) is 0.667. The van der Waals surface area contributed by atoms with Crippen molar-refractivity contribution in [1.82, 2.24) is 0 Å². The lowest BCUT2D eigenvalue weighted by Gasteiger charge is -2.02. The van der Waals surface area contributed by atoms with E-state index in [9.17, 15) is 0 Å². The molecule has 2 nitrogen and oxygen atoms in total. The van der Waals surface area contributed by atoms with E-state index in [2.05, 4.69) is 26.5 Å². The molecule has 76 valence electrons. The van der Waals surface area contributed by atoms with Gasteiger partial charge in [-0.05, 0) is 20.3 Å². The number of hydrogen-bond donors (Lipinski definition) is 0. The van der Waals surface area contributed by atoms with Gasteiger partial charge in [0.25, 0.3) is 9.76 Å². The van der Waals surface area contributed by atoms with Crippen molar-refractivity contribution >= 4 is 9.76 Å². The van der Waals surface area contributed by atoms with Crippen molar-refractivity contribution in [3.63, 3.8) is 0 Å². The van der Waals surface area contributed by atoms with Crippen molar-refractivity contribution in [2.24, 2.45) is 0 Å². The van der Waals surface area contributed by atoms with Crippen LogP contribution in [0.15, 0.2) is 11.3 Å². The summed E-state index contributed by atoms with van der Waals surface area (Å²) in [7, 11) is 0.483. The van der Waals surface area contributed by atoms with E-state index in [1.165, 1.54) is 12.0 Å².